The number of hydrogen-bond donors (Lipinski definition) is 1. The summed E-state index contributed by atoms with van der Waals surface area (Å²) in [6.45, 7) is 6.23. The molecule has 0 atom stereocenters. The number of aromatic nitrogens is 2. The fourth-order valence-electron chi connectivity index (χ4n) is 1.96. The van der Waals surface area contributed by atoms with Gasteiger partial charge in [-0.15, -0.1) is 0 Å². The molecule has 0 aromatic carbocycles. The van der Waals surface area contributed by atoms with Crippen LogP contribution in [0.5, 0.6) is 0 Å². The van der Waals surface area contributed by atoms with E-state index >= 15 is 0 Å². The number of carbonyl (C=O) groups is 2. The summed E-state index contributed by atoms with van der Waals surface area (Å²) in [4.78, 5) is 30.6. The van der Waals surface area contributed by atoms with Gasteiger partial charge in [-0.2, -0.15) is 0 Å². The topological polar surface area (TPSA) is 78.7 Å². The largest absolute Gasteiger partial charge is 0.481 e. The number of aliphatic carboxylic acids is 1. The Morgan fingerprint density at radius 3 is 2.43 bits per heavy atom. The number of carbonyl (C=O) groups excluding carboxylic acids is 1. The molecule has 0 aliphatic rings. The van der Waals surface area contributed by atoms with E-state index in [-0.39, 0.29) is 19.0 Å². The average molecular weight is 296 g/mol. The van der Waals surface area contributed by atoms with E-state index in [1.165, 1.54) is 0 Å². The highest BCUT2D eigenvalue weighted by atomic mass is 16.4. The van der Waals surface area contributed by atoms with Crippen molar-refractivity contribution in [2.75, 3.05) is 13.6 Å². The van der Waals surface area contributed by atoms with E-state index in [0.29, 0.717) is 6.54 Å². The van der Waals surface area contributed by atoms with Crippen molar-refractivity contribution in [2.24, 2.45) is 7.05 Å². The van der Waals surface area contributed by atoms with Crippen molar-refractivity contribution in [3.05, 3.63) is 18.2 Å². The molecular weight excluding hydrogens is 272 g/mol. The number of carboxylic acid groups (broad SMARTS) is 1. The minimum absolute atomic E-state index is 0.0702. The number of amides is 2. The van der Waals surface area contributed by atoms with Gasteiger partial charge in [-0.3, -0.25) is 4.79 Å². The molecule has 0 bridgehead atoms. The third kappa shape index (κ3) is 4.77. The molecule has 1 heterocycles. The summed E-state index contributed by atoms with van der Waals surface area (Å²) in [5.74, 6) is -0.137. The van der Waals surface area contributed by atoms with Crippen molar-refractivity contribution in [3.8, 4) is 0 Å². The summed E-state index contributed by atoms with van der Waals surface area (Å²) in [7, 11) is 3.56. The quantitative estimate of drug-likeness (QED) is 0.894. The smallest absolute Gasteiger partial charge is 0.320 e. The zero-order chi connectivity index (χ0) is 16.2. The molecule has 1 rings (SSSR count). The third-order valence-electron chi connectivity index (χ3n) is 3.22. The van der Waals surface area contributed by atoms with Crippen molar-refractivity contribution in [2.45, 2.75) is 39.3 Å². The van der Waals surface area contributed by atoms with Crippen LogP contribution in [0.3, 0.4) is 0 Å². The first kappa shape index (κ1) is 17.0. The van der Waals surface area contributed by atoms with Crippen LogP contribution in [0.25, 0.3) is 0 Å². The van der Waals surface area contributed by atoms with Gasteiger partial charge < -0.3 is 19.5 Å². The molecule has 7 nitrogen and oxygen atoms in total. The maximum Gasteiger partial charge on any atom is 0.320 e. The van der Waals surface area contributed by atoms with Crippen molar-refractivity contribution in [1.29, 1.82) is 0 Å². The Kier molecular flexibility index (Phi) is 5.34. The van der Waals surface area contributed by atoms with Gasteiger partial charge in [-0.25, -0.2) is 9.78 Å². The first-order valence-electron chi connectivity index (χ1n) is 6.83. The Hall–Kier alpha value is -2.05. The van der Waals surface area contributed by atoms with Crippen LogP contribution in [-0.4, -0.2) is 55.6 Å². The predicted molar refractivity (Wildman–Crippen MR) is 78.8 cm³/mol. The first-order valence-corrected chi connectivity index (χ1v) is 6.83. The fourth-order valence-corrected chi connectivity index (χ4v) is 1.96. The van der Waals surface area contributed by atoms with E-state index in [4.69, 9.17) is 5.11 Å². The number of imidazole rings is 1. The van der Waals surface area contributed by atoms with Crippen LogP contribution in [-0.2, 0) is 18.4 Å². The maximum atomic E-state index is 12.6. The van der Waals surface area contributed by atoms with Gasteiger partial charge >= 0.3 is 12.0 Å². The Labute approximate surface area is 125 Å². The molecule has 1 aromatic heterocycles. The number of nitrogens with zero attached hydrogens (tertiary/aromatic N) is 4. The molecule has 0 radical (unpaired) electrons. The molecule has 0 unspecified atom stereocenters. The van der Waals surface area contributed by atoms with Crippen LogP contribution in [0.4, 0.5) is 4.79 Å². The predicted octanol–water partition coefficient (Wildman–Crippen LogP) is 1.55. The van der Waals surface area contributed by atoms with Crippen LogP contribution >= 0.6 is 0 Å². The molecule has 2 amide bonds. The molecule has 0 saturated carbocycles. The SMILES string of the molecule is CN(Cc1nccn1C)C(=O)N(CCC(=O)O)C(C)(C)C. The zero-order valence-corrected chi connectivity index (χ0v) is 13.3. The van der Waals surface area contributed by atoms with Crippen molar-refractivity contribution in [3.63, 3.8) is 0 Å². The summed E-state index contributed by atoms with van der Waals surface area (Å²) < 4.78 is 1.85. The van der Waals surface area contributed by atoms with Crippen LogP contribution < -0.4 is 0 Å². The lowest BCUT2D eigenvalue weighted by molar-refractivity contribution is -0.137. The highest BCUT2D eigenvalue weighted by Gasteiger charge is 2.29. The lowest BCUT2D eigenvalue weighted by Crippen LogP contribution is -2.51. The number of rotatable bonds is 5. The van der Waals surface area contributed by atoms with Gasteiger partial charge in [0.15, 0.2) is 0 Å². The fraction of sp³-hybridized carbons (Fsp3) is 0.643. The van der Waals surface area contributed by atoms with Crippen LogP contribution in [0.2, 0.25) is 0 Å². The third-order valence-corrected chi connectivity index (χ3v) is 3.22. The molecule has 0 spiro atoms. The lowest BCUT2D eigenvalue weighted by atomic mass is 10.1. The Morgan fingerprint density at radius 1 is 1.38 bits per heavy atom. The standard InChI is InChI=1S/C14H24N4O3/c1-14(2,3)18(8-6-12(19)20)13(21)17(5)10-11-15-7-9-16(11)4/h7,9H,6,8,10H2,1-5H3,(H,19,20). The summed E-state index contributed by atoms with van der Waals surface area (Å²) >= 11 is 0. The van der Waals surface area contributed by atoms with Gasteiger partial charge in [0.2, 0.25) is 0 Å². The minimum Gasteiger partial charge on any atom is -0.481 e. The monoisotopic (exact) mass is 296 g/mol. The van der Waals surface area contributed by atoms with Crippen LogP contribution in [0.1, 0.15) is 33.0 Å². The lowest BCUT2D eigenvalue weighted by Gasteiger charge is -2.38. The van der Waals surface area contributed by atoms with Gasteiger partial charge in [0.05, 0.1) is 13.0 Å². The molecule has 1 N–H and O–H groups in total. The van der Waals surface area contributed by atoms with E-state index in [1.54, 1.807) is 23.0 Å². The number of hydrogen-bond acceptors (Lipinski definition) is 3. The Bertz CT molecular complexity index is 505. The number of carboxylic acids is 1. The molecule has 21 heavy (non-hydrogen) atoms. The normalized spacial score (nSPS) is 11.3. The van der Waals surface area contributed by atoms with Crippen molar-refractivity contribution >= 4 is 12.0 Å². The van der Waals surface area contributed by atoms with Gasteiger partial charge in [-0.1, -0.05) is 0 Å². The van der Waals surface area contributed by atoms with Crippen molar-refractivity contribution < 1.29 is 14.7 Å². The van der Waals surface area contributed by atoms with Crippen molar-refractivity contribution in [1.82, 2.24) is 19.4 Å². The van der Waals surface area contributed by atoms with Gasteiger partial charge in [0.1, 0.15) is 5.82 Å². The zero-order valence-electron chi connectivity index (χ0n) is 13.3. The molecule has 0 aliphatic heterocycles. The summed E-state index contributed by atoms with van der Waals surface area (Å²) in [5, 5.41) is 8.83. The molecule has 118 valence electrons. The minimum atomic E-state index is -0.913. The van der Waals surface area contributed by atoms with E-state index < -0.39 is 11.5 Å². The van der Waals surface area contributed by atoms with Gasteiger partial charge in [0.25, 0.3) is 0 Å². The van der Waals surface area contributed by atoms with Gasteiger partial charge in [0, 0.05) is 38.6 Å². The van der Waals surface area contributed by atoms with Crippen LogP contribution in [0, 0.1) is 0 Å². The molecule has 0 saturated heterocycles. The van der Waals surface area contributed by atoms with E-state index in [9.17, 15) is 9.59 Å². The van der Waals surface area contributed by atoms with E-state index in [0.717, 1.165) is 5.82 Å². The number of urea groups is 1. The molecule has 1 aromatic rings. The van der Waals surface area contributed by atoms with Crippen LogP contribution in [0.15, 0.2) is 12.4 Å². The highest BCUT2D eigenvalue weighted by molar-refractivity contribution is 5.76. The molecule has 0 aliphatic carbocycles. The molecule has 0 fully saturated rings. The Balaban J connectivity index is 2.79. The maximum absolute atomic E-state index is 12.6. The average Bonchev–Trinajstić information content (AvgIpc) is 2.72. The van der Waals surface area contributed by atoms with Gasteiger partial charge in [-0.05, 0) is 20.8 Å². The molecule has 7 heteroatoms. The van der Waals surface area contributed by atoms with E-state index in [2.05, 4.69) is 4.98 Å². The second-order valence-corrected chi connectivity index (χ2v) is 6.06. The second-order valence-electron chi connectivity index (χ2n) is 6.06. The molecular formula is C14H24N4O3. The van der Waals surface area contributed by atoms with E-state index in [1.807, 2.05) is 38.6 Å². The first-order chi connectivity index (χ1) is 9.62. The Morgan fingerprint density at radius 2 is 2.00 bits per heavy atom. The number of aryl methyl sites for hydroxylation is 1. The second kappa shape index (κ2) is 6.60. The summed E-state index contributed by atoms with van der Waals surface area (Å²) in [5.41, 5.74) is -0.442. The highest BCUT2D eigenvalue weighted by Crippen LogP contribution is 2.17. The summed E-state index contributed by atoms with van der Waals surface area (Å²) in [6, 6.07) is -0.202. The summed E-state index contributed by atoms with van der Waals surface area (Å²) in [6.07, 6.45) is 3.43.